The maximum Gasteiger partial charge on any atom is 0.269 e. The van der Waals surface area contributed by atoms with Gasteiger partial charge >= 0.3 is 0 Å². The third kappa shape index (κ3) is 3.05. The Morgan fingerprint density at radius 2 is 2.24 bits per heavy atom. The minimum atomic E-state index is -0.451. The molecule has 1 fully saturated rings. The van der Waals surface area contributed by atoms with E-state index in [1.807, 2.05) is 4.90 Å². The Bertz CT molecular complexity index is 559. The number of carbonyl (C=O) groups is 1. The van der Waals surface area contributed by atoms with Crippen LogP contribution in [-0.2, 0) is 0 Å². The summed E-state index contributed by atoms with van der Waals surface area (Å²) in [6.45, 7) is 4.98. The van der Waals surface area contributed by atoms with E-state index < -0.39 is 4.92 Å². The first-order chi connectivity index (χ1) is 9.95. The Morgan fingerprint density at radius 1 is 1.52 bits per heavy atom. The zero-order chi connectivity index (χ0) is 15.6. The van der Waals surface area contributed by atoms with E-state index in [4.69, 9.17) is 5.73 Å². The van der Waals surface area contributed by atoms with Gasteiger partial charge in [-0.05, 0) is 37.3 Å². The Balaban J connectivity index is 2.28. The summed E-state index contributed by atoms with van der Waals surface area (Å²) >= 11 is 0. The number of nitro benzene ring substituents is 1. The molecule has 0 aromatic heterocycles. The molecular formula is C15H21N3O3. The molecule has 1 saturated heterocycles. The predicted octanol–water partition coefficient (Wildman–Crippen LogP) is 2.10. The maximum absolute atomic E-state index is 12.7. The molecule has 0 saturated carbocycles. The number of aryl methyl sites for hydroxylation is 1. The van der Waals surface area contributed by atoms with Crippen LogP contribution in [0.2, 0.25) is 0 Å². The Hall–Kier alpha value is -1.95. The van der Waals surface area contributed by atoms with Crippen molar-refractivity contribution in [2.45, 2.75) is 32.7 Å². The fourth-order valence-corrected chi connectivity index (χ4v) is 3.02. The van der Waals surface area contributed by atoms with Crippen LogP contribution in [0, 0.1) is 23.0 Å². The normalized spacial score (nSPS) is 22.1. The number of nitrogens with two attached hydrogens (primary N) is 1. The lowest BCUT2D eigenvalue weighted by Crippen LogP contribution is -2.51. The number of amides is 1. The van der Waals surface area contributed by atoms with Gasteiger partial charge in [0.15, 0.2) is 0 Å². The summed E-state index contributed by atoms with van der Waals surface area (Å²) in [6.07, 6.45) is 2.04. The molecule has 21 heavy (non-hydrogen) atoms. The predicted molar refractivity (Wildman–Crippen MR) is 80.1 cm³/mol. The quantitative estimate of drug-likeness (QED) is 0.682. The van der Waals surface area contributed by atoms with Gasteiger partial charge in [0.2, 0.25) is 0 Å². The molecule has 1 aliphatic heterocycles. The van der Waals surface area contributed by atoms with Gasteiger partial charge in [-0.25, -0.2) is 0 Å². The average Bonchev–Trinajstić information content (AvgIpc) is 2.46. The van der Waals surface area contributed by atoms with E-state index in [1.54, 1.807) is 13.0 Å². The summed E-state index contributed by atoms with van der Waals surface area (Å²) in [5.41, 5.74) is 6.97. The highest BCUT2D eigenvalue weighted by molar-refractivity contribution is 5.96. The minimum absolute atomic E-state index is 0.00596. The van der Waals surface area contributed by atoms with Crippen molar-refractivity contribution in [3.8, 4) is 0 Å². The number of hydrogen-bond acceptors (Lipinski definition) is 4. The molecule has 1 aromatic rings. The first-order valence-corrected chi connectivity index (χ1v) is 7.21. The van der Waals surface area contributed by atoms with Crippen LogP contribution in [0.3, 0.4) is 0 Å². The van der Waals surface area contributed by atoms with Crippen LogP contribution in [0.1, 0.15) is 35.7 Å². The highest BCUT2D eigenvalue weighted by atomic mass is 16.6. The third-order valence-corrected chi connectivity index (χ3v) is 4.27. The van der Waals surface area contributed by atoms with Gasteiger partial charge in [0, 0.05) is 36.8 Å². The molecule has 1 aromatic carbocycles. The van der Waals surface area contributed by atoms with Crippen molar-refractivity contribution in [2.75, 3.05) is 13.1 Å². The average molecular weight is 291 g/mol. The van der Waals surface area contributed by atoms with Crippen LogP contribution in [0.5, 0.6) is 0 Å². The molecule has 1 amide bonds. The summed E-state index contributed by atoms with van der Waals surface area (Å²) in [6, 6.07) is 4.41. The van der Waals surface area contributed by atoms with E-state index in [0.717, 1.165) is 12.8 Å². The molecule has 0 bridgehead atoms. The van der Waals surface area contributed by atoms with Gasteiger partial charge in [-0.15, -0.1) is 0 Å². The van der Waals surface area contributed by atoms with Gasteiger partial charge in [-0.3, -0.25) is 14.9 Å². The number of rotatable bonds is 3. The smallest absolute Gasteiger partial charge is 0.269 e. The van der Waals surface area contributed by atoms with Crippen LogP contribution < -0.4 is 5.73 Å². The fraction of sp³-hybridized carbons (Fsp3) is 0.533. The van der Waals surface area contributed by atoms with E-state index in [9.17, 15) is 14.9 Å². The molecule has 6 heteroatoms. The SMILES string of the molecule is Cc1cc([N+](=O)[O-])ccc1C(=O)N1CCCC(C)C1CN. The molecule has 1 heterocycles. The zero-order valence-corrected chi connectivity index (χ0v) is 12.4. The van der Waals surface area contributed by atoms with Crippen molar-refractivity contribution in [3.63, 3.8) is 0 Å². The summed E-state index contributed by atoms with van der Waals surface area (Å²) in [4.78, 5) is 24.9. The number of hydrogen-bond donors (Lipinski definition) is 1. The standard InChI is InChI=1S/C15H21N3O3/c1-10-4-3-7-17(14(10)9-16)15(19)13-6-5-12(18(20)21)8-11(13)2/h5-6,8,10,14H,3-4,7,9,16H2,1-2H3. The summed E-state index contributed by atoms with van der Waals surface area (Å²) in [5, 5.41) is 10.8. The Labute approximate surface area is 124 Å². The molecule has 2 rings (SSSR count). The molecule has 6 nitrogen and oxygen atoms in total. The molecule has 0 spiro atoms. The Morgan fingerprint density at radius 3 is 2.81 bits per heavy atom. The van der Waals surface area contributed by atoms with E-state index in [2.05, 4.69) is 6.92 Å². The second kappa shape index (κ2) is 6.22. The monoisotopic (exact) mass is 291 g/mol. The van der Waals surface area contributed by atoms with Crippen molar-refractivity contribution in [1.29, 1.82) is 0 Å². The third-order valence-electron chi connectivity index (χ3n) is 4.27. The molecule has 2 N–H and O–H groups in total. The van der Waals surface area contributed by atoms with Crippen LogP contribution in [-0.4, -0.2) is 34.9 Å². The summed E-state index contributed by atoms with van der Waals surface area (Å²) < 4.78 is 0. The van der Waals surface area contributed by atoms with Gasteiger partial charge in [0.25, 0.3) is 11.6 Å². The lowest BCUT2D eigenvalue weighted by atomic mass is 9.90. The lowest BCUT2D eigenvalue weighted by Gasteiger charge is -2.39. The van der Waals surface area contributed by atoms with Crippen molar-refractivity contribution in [2.24, 2.45) is 11.7 Å². The van der Waals surface area contributed by atoms with Gasteiger partial charge in [-0.2, -0.15) is 0 Å². The zero-order valence-electron chi connectivity index (χ0n) is 12.4. The van der Waals surface area contributed by atoms with E-state index in [1.165, 1.54) is 12.1 Å². The molecule has 114 valence electrons. The summed E-state index contributed by atoms with van der Waals surface area (Å²) in [5.74, 6) is 0.301. The van der Waals surface area contributed by atoms with Crippen LogP contribution in [0.15, 0.2) is 18.2 Å². The number of nitro groups is 1. The topological polar surface area (TPSA) is 89.5 Å². The van der Waals surface area contributed by atoms with Gasteiger partial charge < -0.3 is 10.6 Å². The highest BCUT2D eigenvalue weighted by Gasteiger charge is 2.32. The number of non-ortho nitro benzene ring substituents is 1. The second-order valence-corrected chi connectivity index (χ2v) is 5.68. The summed E-state index contributed by atoms with van der Waals surface area (Å²) in [7, 11) is 0. The molecule has 0 aliphatic carbocycles. The molecule has 2 unspecified atom stereocenters. The van der Waals surface area contributed by atoms with Gasteiger partial charge in [0.05, 0.1) is 4.92 Å². The van der Waals surface area contributed by atoms with Crippen molar-refractivity contribution >= 4 is 11.6 Å². The van der Waals surface area contributed by atoms with E-state index >= 15 is 0 Å². The van der Waals surface area contributed by atoms with E-state index in [0.29, 0.717) is 30.1 Å². The Kier molecular flexibility index (Phi) is 4.57. The lowest BCUT2D eigenvalue weighted by molar-refractivity contribution is -0.384. The van der Waals surface area contributed by atoms with Crippen molar-refractivity contribution in [1.82, 2.24) is 4.90 Å². The molecule has 2 atom stereocenters. The number of likely N-dealkylation sites (tertiary alicyclic amines) is 1. The minimum Gasteiger partial charge on any atom is -0.334 e. The molecule has 1 aliphatic rings. The van der Waals surface area contributed by atoms with Crippen LogP contribution in [0.4, 0.5) is 5.69 Å². The first-order valence-electron chi connectivity index (χ1n) is 7.21. The van der Waals surface area contributed by atoms with Crippen molar-refractivity contribution < 1.29 is 9.72 Å². The van der Waals surface area contributed by atoms with Gasteiger partial charge in [-0.1, -0.05) is 6.92 Å². The van der Waals surface area contributed by atoms with Crippen LogP contribution in [0.25, 0.3) is 0 Å². The largest absolute Gasteiger partial charge is 0.334 e. The maximum atomic E-state index is 12.7. The number of benzene rings is 1. The van der Waals surface area contributed by atoms with Gasteiger partial charge in [0.1, 0.15) is 0 Å². The first kappa shape index (κ1) is 15.4. The van der Waals surface area contributed by atoms with Crippen LogP contribution >= 0.6 is 0 Å². The fourth-order valence-electron chi connectivity index (χ4n) is 3.02. The molecule has 0 radical (unpaired) electrons. The molecular weight excluding hydrogens is 270 g/mol. The number of carbonyl (C=O) groups excluding carboxylic acids is 1. The highest BCUT2D eigenvalue weighted by Crippen LogP contribution is 2.26. The second-order valence-electron chi connectivity index (χ2n) is 5.68. The van der Waals surface area contributed by atoms with Crippen molar-refractivity contribution in [3.05, 3.63) is 39.4 Å². The number of piperidine rings is 1. The number of nitrogens with zero attached hydrogens (tertiary/aromatic N) is 2. The van der Waals surface area contributed by atoms with E-state index in [-0.39, 0.29) is 17.6 Å².